The molecule has 96 valence electrons. The van der Waals surface area contributed by atoms with Gasteiger partial charge in [-0.15, -0.1) is 0 Å². The Labute approximate surface area is 106 Å². The molecular formula is C15H26N2. The van der Waals surface area contributed by atoms with Crippen molar-refractivity contribution in [1.29, 1.82) is 0 Å². The van der Waals surface area contributed by atoms with E-state index in [1.165, 1.54) is 44.2 Å². The highest BCUT2D eigenvalue weighted by Gasteiger charge is 1.97. The largest absolute Gasteiger partial charge is 0.242 e. The van der Waals surface area contributed by atoms with Crippen LogP contribution in [0.2, 0.25) is 0 Å². The summed E-state index contributed by atoms with van der Waals surface area (Å²) in [4.78, 5) is 8.53. The molecule has 0 amide bonds. The number of aryl methyl sites for hydroxylation is 2. The molecule has 2 nitrogen and oxygen atoms in total. The van der Waals surface area contributed by atoms with Gasteiger partial charge in [0.05, 0.1) is 0 Å². The zero-order chi connectivity index (χ0) is 12.5. The lowest BCUT2D eigenvalue weighted by atomic mass is 10.0. The second-order valence-corrected chi connectivity index (χ2v) is 5.30. The van der Waals surface area contributed by atoms with Crippen molar-refractivity contribution < 1.29 is 0 Å². The van der Waals surface area contributed by atoms with Crippen molar-refractivity contribution in [2.75, 3.05) is 0 Å². The molecule has 0 radical (unpaired) electrons. The van der Waals surface area contributed by atoms with Crippen molar-refractivity contribution in [2.24, 2.45) is 5.92 Å². The van der Waals surface area contributed by atoms with E-state index in [9.17, 15) is 0 Å². The number of unbranched alkanes of at least 4 members (excludes halogenated alkanes) is 4. The van der Waals surface area contributed by atoms with E-state index in [4.69, 9.17) is 0 Å². The third kappa shape index (κ3) is 7.09. The molecular weight excluding hydrogens is 208 g/mol. The molecule has 0 aliphatic carbocycles. The summed E-state index contributed by atoms with van der Waals surface area (Å²) in [7, 11) is 0. The van der Waals surface area contributed by atoms with Crippen LogP contribution in [0.4, 0.5) is 0 Å². The summed E-state index contributed by atoms with van der Waals surface area (Å²) >= 11 is 0. The fourth-order valence-corrected chi connectivity index (χ4v) is 2.03. The van der Waals surface area contributed by atoms with Gasteiger partial charge in [0.15, 0.2) is 0 Å². The predicted octanol–water partition coefficient (Wildman–Crippen LogP) is 4.32. The van der Waals surface area contributed by atoms with E-state index in [1.807, 2.05) is 19.2 Å². The van der Waals surface area contributed by atoms with Crippen LogP contribution in [0.1, 0.15) is 63.9 Å². The lowest BCUT2D eigenvalue weighted by molar-refractivity contribution is 0.514. The van der Waals surface area contributed by atoms with Crippen molar-refractivity contribution in [3.63, 3.8) is 0 Å². The number of aromatic nitrogens is 2. The van der Waals surface area contributed by atoms with E-state index in [0.29, 0.717) is 0 Å². The van der Waals surface area contributed by atoms with Crippen molar-refractivity contribution in [2.45, 2.75) is 65.7 Å². The van der Waals surface area contributed by atoms with Gasteiger partial charge in [0.2, 0.25) is 0 Å². The van der Waals surface area contributed by atoms with Gasteiger partial charge in [0, 0.05) is 11.9 Å². The fourth-order valence-electron chi connectivity index (χ4n) is 2.03. The van der Waals surface area contributed by atoms with Crippen molar-refractivity contribution >= 4 is 0 Å². The van der Waals surface area contributed by atoms with Gasteiger partial charge in [-0.2, -0.15) is 0 Å². The first-order valence-electron chi connectivity index (χ1n) is 6.97. The minimum absolute atomic E-state index is 0.860. The molecule has 0 spiro atoms. The third-order valence-electron chi connectivity index (χ3n) is 3.05. The summed E-state index contributed by atoms with van der Waals surface area (Å²) in [5, 5.41) is 0. The van der Waals surface area contributed by atoms with Crippen LogP contribution in [0.3, 0.4) is 0 Å². The predicted molar refractivity (Wildman–Crippen MR) is 73.0 cm³/mol. The van der Waals surface area contributed by atoms with Gasteiger partial charge in [-0.05, 0) is 31.7 Å². The van der Waals surface area contributed by atoms with Gasteiger partial charge in [-0.25, -0.2) is 9.97 Å². The van der Waals surface area contributed by atoms with Gasteiger partial charge >= 0.3 is 0 Å². The average Bonchev–Trinajstić information content (AvgIpc) is 2.27. The topological polar surface area (TPSA) is 25.8 Å². The molecule has 0 bridgehead atoms. The highest BCUT2D eigenvalue weighted by Crippen LogP contribution is 2.11. The van der Waals surface area contributed by atoms with Crippen LogP contribution in [0, 0.1) is 12.8 Å². The second-order valence-electron chi connectivity index (χ2n) is 5.30. The fraction of sp³-hybridized carbons (Fsp3) is 0.733. The standard InChI is InChI=1S/C15H26N2/c1-13(2)9-7-5-4-6-8-10-15-11-12-16-14(3)17-15/h11-13H,4-10H2,1-3H3. The Hall–Kier alpha value is -0.920. The smallest absolute Gasteiger partial charge is 0.125 e. The Morgan fingerprint density at radius 2 is 1.76 bits per heavy atom. The summed E-state index contributed by atoms with van der Waals surface area (Å²) in [6, 6.07) is 2.03. The molecule has 0 unspecified atom stereocenters. The Morgan fingerprint density at radius 3 is 2.47 bits per heavy atom. The molecule has 0 saturated carbocycles. The summed E-state index contributed by atoms with van der Waals surface area (Å²) in [5.41, 5.74) is 1.19. The van der Waals surface area contributed by atoms with Crippen LogP contribution < -0.4 is 0 Å². The van der Waals surface area contributed by atoms with Gasteiger partial charge < -0.3 is 0 Å². The zero-order valence-corrected chi connectivity index (χ0v) is 11.6. The monoisotopic (exact) mass is 234 g/mol. The minimum atomic E-state index is 0.860. The number of hydrogen-bond acceptors (Lipinski definition) is 2. The Morgan fingerprint density at radius 1 is 1.06 bits per heavy atom. The molecule has 0 saturated heterocycles. The van der Waals surface area contributed by atoms with E-state index in [2.05, 4.69) is 23.8 Å². The molecule has 0 aliphatic heterocycles. The van der Waals surface area contributed by atoms with Crippen LogP contribution in [0.15, 0.2) is 12.3 Å². The first-order chi connectivity index (χ1) is 8.18. The number of nitrogens with zero attached hydrogens (tertiary/aromatic N) is 2. The highest BCUT2D eigenvalue weighted by molar-refractivity contribution is 5.01. The van der Waals surface area contributed by atoms with Crippen LogP contribution in [0.5, 0.6) is 0 Å². The lowest BCUT2D eigenvalue weighted by Gasteiger charge is -2.04. The van der Waals surface area contributed by atoms with E-state index < -0.39 is 0 Å². The Kier molecular flexibility index (Phi) is 6.83. The molecule has 1 aromatic heterocycles. The van der Waals surface area contributed by atoms with Gasteiger partial charge in [-0.1, -0.05) is 46.0 Å². The average molecular weight is 234 g/mol. The quantitative estimate of drug-likeness (QED) is 0.626. The normalized spacial score (nSPS) is 11.1. The lowest BCUT2D eigenvalue weighted by Crippen LogP contribution is -1.94. The second kappa shape index (κ2) is 8.21. The highest BCUT2D eigenvalue weighted by atomic mass is 14.9. The maximum atomic E-state index is 4.42. The van der Waals surface area contributed by atoms with E-state index in [0.717, 1.165) is 18.2 Å². The molecule has 1 rings (SSSR count). The SMILES string of the molecule is Cc1nccc(CCCCCCCC(C)C)n1. The molecule has 17 heavy (non-hydrogen) atoms. The third-order valence-corrected chi connectivity index (χ3v) is 3.05. The maximum Gasteiger partial charge on any atom is 0.125 e. The summed E-state index contributed by atoms with van der Waals surface area (Å²) in [5.74, 6) is 1.75. The molecule has 0 aliphatic rings. The molecule has 2 heteroatoms. The van der Waals surface area contributed by atoms with Gasteiger partial charge in [0.1, 0.15) is 5.82 Å². The van der Waals surface area contributed by atoms with Crippen LogP contribution in [-0.4, -0.2) is 9.97 Å². The Balaban J connectivity index is 2.01. The van der Waals surface area contributed by atoms with Crippen LogP contribution >= 0.6 is 0 Å². The van der Waals surface area contributed by atoms with Crippen molar-refractivity contribution in [1.82, 2.24) is 9.97 Å². The molecule has 1 heterocycles. The molecule has 0 N–H and O–H groups in total. The Bertz CT molecular complexity index is 308. The first-order valence-corrected chi connectivity index (χ1v) is 6.97. The zero-order valence-electron chi connectivity index (χ0n) is 11.6. The molecule has 1 aromatic rings. The van der Waals surface area contributed by atoms with Gasteiger partial charge in [0.25, 0.3) is 0 Å². The summed E-state index contributed by atoms with van der Waals surface area (Å²) in [6.45, 7) is 6.56. The number of rotatable bonds is 8. The van der Waals surface area contributed by atoms with Crippen molar-refractivity contribution in [3.8, 4) is 0 Å². The van der Waals surface area contributed by atoms with E-state index >= 15 is 0 Å². The van der Waals surface area contributed by atoms with Crippen molar-refractivity contribution in [3.05, 3.63) is 23.8 Å². The first kappa shape index (κ1) is 14.1. The van der Waals surface area contributed by atoms with Crippen LogP contribution in [-0.2, 0) is 6.42 Å². The van der Waals surface area contributed by atoms with E-state index in [1.54, 1.807) is 0 Å². The van der Waals surface area contributed by atoms with E-state index in [-0.39, 0.29) is 0 Å². The molecule has 0 atom stereocenters. The summed E-state index contributed by atoms with van der Waals surface area (Å²) < 4.78 is 0. The van der Waals surface area contributed by atoms with Gasteiger partial charge in [-0.3, -0.25) is 0 Å². The maximum absolute atomic E-state index is 4.42. The van der Waals surface area contributed by atoms with Crippen LogP contribution in [0.25, 0.3) is 0 Å². The summed E-state index contributed by atoms with van der Waals surface area (Å²) in [6.07, 6.45) is 11.1. The minimum Gasteiger partial charge on any atom is -0.242 e. The number of hydrogen-bond donors (Lipinski definition) is 0. The molecule has 0 fully saturated rings. The molecule has 0 aromatic carbocycles.